The fourth-order valence-corrected chi connectivity index (χ4v) is 5.35. The molecule has 2 aromatic carbocycles. The second-order valence-electron chi connectivity index (χ2n) is 8.64. The first kappa shape index (κ1) is 23.1. The molecule has 1 aliphatic rings. The predicted molar refractivity (Wildman–Crippen MR) is 134 cm³/mol. The summed E-state index contributed by atoms with van der Waals surface area (Å²) in [4.78, 5) is 15.4. The van der Waals surface area contributed by atoms with Gasteiger partial charge in [0.05, 0.1) is 17.9 Å². The maximum Gasteiger partial charge on any atom is 0.192 e. The normalized spacial score (nSPS) is 16.7. The van der Waals surface area contributed by atoms with Crippen molar-refractivity contribution in [2.45, 2.75) is 50.1 Å². The van der Waals surface area contributed by atoms with Crippen molar-refractivity contribution < 1.29 is 9.53 Å². The number of ketones is 1. The van der Waals surface area contributed by atoms with Crippen molar-refractivity contribution >= 4 is 23.2 Å². The van der Waals surface area contributed by atoms with Crippen LogP contribution in [0.5, 0.6) is 5.75 Å². The monoisotopic (exact) mass is 462 g/mol. The van der Waals surface area contributed by atoms with Gasteiger partial charge in [0, 0.05) is 36.5 Å². The molecule has 0 saturated carbocycles. The topological polar surface area (TPSA) is 60.2 Å². The Bertz CT molecular complexity index is 1210. The Morgan fingerprint density at radius 3 is 2.55 bits per heavy atom. The van der Waals surface area contributed by atoms with Crippen LogP contribution in [0, 0.1) is 0 Å². The summed E-state index contributed by atoms with van der Waals surface area (Å²) >= 11 is 1.44. The number of carbonyl (C=O) groups is 1. The second-order valence-corrected chi connectivity index (χ2v) is 9.95. The Labute approximate surface area is 199 Å². The van der Waals surface area contributed by atoms with E-state index in [9.17, 15) is 4.79 Å². The zero-order valence-electron chi connectivity index (χ0n) is 20.0. The van der Waals surface area contributed by atoms with Crippen LogP contribution in [0.25, 0.3) is 11.4 Å². The van der Waals surface area contributed by atoms with Crippen LogP contribution in [0.1, 0.15) is 33.3 Å². The number of thioether (sulfide) groups is 1. The van der Waals surface area contributed by atoms with Crippen LogP contribution in [0.4, 0.5) is 5.69 Å². The van der Waals surface area contributed by atoms with Crippen molar-refractivity contribution in [2.24, 2.45) is 0 Å². The molecular formula is C26H30N4O2S. The smallest absolute Gasteiger partial charge is 0.192 e. The SMILES string of the molecule is CCn1c(SC(C)C(=O)/C=C2\N(C)c3ccccc3C2(C)C)nnc1-c1ccccc1OC. The quantitative estimate of drug-likeness (QED) is 0.349. The van der Waals surface area contributed by atoms with Gasteiger partial charge in [0.25, 0.3) is 0 Å². The fraction of sp³-hybridized carbons (Fsp3) is 0.346. The number of allylic oxidation sites excluding steroid dienone is 2. The Morgan fingerprint density at radius 2 is 1.85 bits per heavy atom. The number of para-hydroxylation sites is 2. The molecule has 172 valence electrons. The van der Waals surface area contributed by atoms with Crippen molar-refractivity contribution in [3.05, 3.63) is 65.9 Å². The van der Waals surface area contributed by atoms with Crippen LogP contribution >= 0.6 is 11.8 Å². The summed E-state index contributed by atoms with van der Waals surface area (Å²) < 4.78 is 7.53. The standard InChI is InChI=1S/C26H30N4O2S/c1-7-30-24(18-12-8-11-15-22(18)32-6)27-28-25(30)33-17(2)21(31)16-23-26(3,4)19-13-9-10-14-20(19)29(23)5/h8-17H,7H2,1-6H3/b23-16-. The summed E-state index contributed by atoms with van der Waals surface area (Å²) in [7, 11) is 3.67. The van der Waals surface area contributed by atoms with Crippen LogP contribution in [0.15, 0.2) is 65.5 Å². The third kappa shape index (κ3) is 4.06. The summed E-state index contributed by atoms with van der Waals surface area (Å²) in [6, 6.07) is 16.1. The molecule has 0 bridgehead atoms. The highest BCUT2D eigenvalue weighted by molar-refractivity contribution is 8.00. The minimum Gasteiger partial charge on any atom is -0.496 e. The van der Waals surface area contributed by atoms with Gasteiger partial charge < -0.3 is 14.2 Å². The molecule has 0 spiro atoms. The molecule has 0 N–H and O–H groups in total. The number of carbonyl (C=O) groups excluding carboxylic acids is 1. The Balaban J connectivity index is 1.59. The average Bonchev–Trinajstić information content (AvgIpc) is 3.31. The third-order valence-corrected chi connectivity index (χ3v) is 7.38. The first-order valence-electron chi connectivity index (χ1n) is 11.1. The number of fused-ring (bicyclic) bond motifs is 1. The number of benzene rings is 2. The van der Waals surface area contributed by atoms with E-state index in [1.165, 1.54) is 17.3 Å². The molecule has 1 unspecified atom stereocenters. The zero-order chi connectivity index (χ0) is 23.8. The maximum absolute atomic E-state index is 13.3. The van der Waals surface area contributed by atoms with Gasteiger partial charge in [-0.1, -0.05) is 55.9 Å². The Morgan fingerprint density at radius 1 is 1.15 bits per heavy atom. The molecule has 3 aromatic rings. The molecule has 1 aromatic heterocycles. The molecule has 6 nitrogen and oxygen atoms in total. The summed E-state index contributed by atoms with van der Waals surface area (Å²) in [5.74, 6) is 1.55. The van der Waals surface area contributed by atoms with Gasteiger partial charge >= 0.3 is 0 Å². The van der Waals surface area contributed by atoms with Gasteiger partial charge in [-0.05, 0) is 37.6 Å². The van der Waals surface area contributed by atoms with E-state index >= 15 is 0 Å². The van der Waals surface area contributed by atoms with Gasteiger partial charge in [0.1, 0.15) is 5.75 Å². The van der Waals surface area contributed by atoms with Crippen LogP contribution in [0.3, 0.4) is 0 Å². The lowest BCUT2D eigenvalue weighted by molar-refractivity contribution is -0.114. The van der Waals surface area contributed by atoms with Crippen LogP contribution in [-0.2, 0) is 16.8 Å². The van der Waals surface area contributed by atoms with Crippen molar-refractivity contribution in [1.82, 2.24) is 14.8 Å². The van der Waals surface area contributed by atoms with E-state index in [1.807, 2.05) is 55.8 Å². The zero-order valence-corrected chi connectivity index (χ0v) is 20.8. The maximum atomic E-state index is 13.3. The lowest BCUT2D eigenvalue weighted by Gasteiger charge is -2.24. The molecular weight excluding hydrogens is 432 g/mol. The largest absolute Gasteiger partial charge is 0.496 e. The number of hydrogen-bond donors (Lipinski definition) is 0. The first-order chi connectivity index (χ1) is 15.8. The molecule has 0 saturated heterocycles. The lowest BCUT2D eigenvalue weighted by atomic mass is 9.83. The number of methoxy groups -OCH3 is 1. The first-order valence-corrected chi connectivity index (χ1v) is 12.0. The van der Waals surface area contributed by atoms with Gasteiger partial charge in [-0.25, -0.2) is 0 Å². The van der Waals surface area contributed by atoms with E-state index in [-0.39, 0.29) is 16.4 Å². The van der Waals surface area contributed by atoms with E-state index in [1.54, 1.807) is 13.2 Å². The highest BCUT2D eigenvalue weighted by Crippen LogP contribution is 2.46. The number of rotatable bonds is 7. The molecule has 0 aliphatic carbocycles. The van der Waals surface area contributed by atoms with Crippen molar-refractivity contribution in [3.63, 3.8) is 0 Å². The van der Waals surface area contributed by atoms with Crippen LogP contribution in [0.2, 0.25) is 0 Å². The molecule has 0 fully saturated rings. The minimum atomic E-state index is -0.301. The number of aromatic nitrogens is 3. The van der Waals surface area contributed by atoms with Gasteiger partial charge in [-0.3, -0.25) is 4.79 Å². The molecule has 1 atom stereocenters. The third-order valence-electron chi connectivity index (χ3n) is 6.28. The average molecular weight is 463 g/mol. The predicted octanol–water partition coefficient (Wildman–Crippen LogP) is 5.33. The fourth-order valence-electron chi connectivity index (χ4n) is 4.42. The Kier molecular flexibility index (Phi) is 6.34. The highest BCUT2D eigenvalue weighted by Gasteiger charge is 2.38. The second kappa shape index (κ2) is 9.06. The summed E-state index contributed by atoms with van der Waals surface area (Å²) in [5.41, 5.74) is 4.04. The van der Waals surface area contributed by atoms with Crippen LogP contribution < -0.4 is 9.64 Å². The number of nitrogens with zero attached hydrogens (tertiary/aromatic N) is 4. The van der Waals surface area contributed by atoms with E-state index in [0.29, 0.717) is 6.54 Å². The molecule has 1 aliphatic heterocycles. The van der Waals surface area contributed by atoms with E-state index < -0.39 is 0 Å². The Hall–Kier alpha value is -3.06. The molecule has 7 heteroatoms. The molecule has 4 rings (SSSR count). The minimum absolute atomic E-state index is 0.0622. The molecule has 0 amide bonds. The number of ether oxygens (including phenoxy) is 1. The van der Waals surface area contributed by atoms with E-state index in [0.717, 1.165) is 33.7 Å². The molecule has 0 radical (unpaired) electrons. The number of anilines is 1. The van der Waals surface area contributed by atoms with Crippen molar-refractivity contribution in [2.75, 3.05) is 19.1 Å². The summed E-state index contributed by atoms with van der Waals surface area (Å²) in [6.07, 6.45) is 1.80. The summed E-state index contributed by atoms with van der Waals surface area (Å²) in [5, 5.41) is 9.25. The van der Waals surface area contributed by atoms with E-state index in [2.05, 4.69) is 47.1 Å². The van der Waals surface area contributed by atoms with Gasteiger partial charge in [0.2, 0.25) is 0 Å². The number of likely N-dealkylation sites (N-methyl/N-ethyl adjacent to an activating group) is 1. The van der Waals surface area contributed by atoms with E-state index in [4.69, 9.17) is 4.74 Å². The van der Waals surface area contributed by atoms with Gasteiger partial charge in [-0.2, -0.15) is 0 Å². The van der Waals surface area contributed by atoms with Crippen molar-refractivity contribution in [1.29, 1.82) is 0 Å². The molecule has 2 heterocycles. The number of hydrogen-bond acceptors (Lipinski definition) is 6. The highest BCUT2D eigenvalue weighted by atomic mass is 32.2. The van der Waals surface area contributed by atoms with Gasteiger partial charge in [-0.15, -0.1) is 10.2 Å². The summed E-state index contributed by atoms with van der Waals surface area (Å²) in [6.45, 7) is 9.00. The lowest BCUT2D eigenvalue weighted by Crippen LogP contribution is -2.25. The van der Waals surface area contributed by atoms with Crippen LogP contribution in [-0.4, -0.2) is 40.0 Å². The van der Waals surface area contributed by atoms with Gasteiger partial charge in [0.15, 0.2) is 16.8 Å². The molecule has 33 heavy (non-hydrogen) atoms. The van der Waals surface area contributed by atoms with Crippen molar-refractivity contribution in [3.8, 4) is 17.1 Å².